The van der Waals surface area contributed by atoms with Crippen molar-refractivity contribution in [3.8, 4) is 0 Å². The molecule has 1 saturated heterocycles. The number of carbonyl (C=O) groups excluding carboxylic acids is 2. The third-order valence-electron chi connectivity index (χ3n) is 11.8. The summed E-state index contributed by atoms with van der Waals surface area (Å²) in [6, 6.07) is 1.24. The first-order chi connectivity index (χ1) is 36.6. The lowest BCUT2D eigenvalue weighted by molar-refractivity contribution is -0.161. The van der Waals surface area contributed by atoms with Crippen molar-refractivity contribution >= 4 is 33.4 Å². The van der Waals surface area contributed by atoms with Crippen LogP contribution in [-0.4, -0.2) is 96.9 Å². The van der Waals surface area contributed by atoms with E-state index in [0.29, 0.717) is 25.7 Å². The van der Waals surface area contributed by atoms with Crippen LogP contribution >= 0.6 is 15.6 Å². The highest BCUT2D eigenvalue weighted by molar-refractivity contribution is 7.61. The van der Waals surface area contributed by atoms with Gasteiger partial charge in [-0.25, -0.2) is 13.9 Å². The molecule has 0 radical (unpaired) electrons. The smallest absolute Gasteiger partial charge is 0.462 e. The first-order valence-electron chi connectivity index (χ1n) is 27.2. The van der Waals surface area contributed by atoms with Gasteiger partial charge in [-0.1, -0.05) is 163 Å². The molecule has 1 aromatic rings. The minimum atomic E-state index is -5.45. The van der Waals surface area contributed by atoms with Crippen molar-refractivity contribution < 1.29 is 71.4 Å². The van der Waals surface area contributed by atoms with Gasteiger partial charge in [-0.05, 0) is 83.1 Å². The number of nitrogens with zero attached hydrogens (tertiary/aromatic N) is 2. The van der Waals surface area contributed by atoms with E-state index in [1.54, 1.807) is 6.08 Å². The number of ether oxygens (including phenoxy) is 3. The van der Waals surface area contributed by atoms with Crippen LogP contribution in [0.2, 0.25) is 0 Å². The Kier molecular flexibility index (Phi) is 37.5. The second-order valence-electron chi connectivity index (χ2n) is 18.6. The molecule has 2 rings (SSSR count). The first kappa shape index (κ1) is 68.0. The summed E-state index contributed by atoms with van der Waals surface area (Å²) in [6.45, 7) is 1.95. The topological polar surface area (TPSA) is 286 Å². The van der Waals surface area contributed by atoms with E-state index in [0.717, 1.165) is 101 Å². The van der Waals surface area contributed by atoms with E-state index in [2.05, 4.69) is 59.6 Å². The van der Waals surface area contributed by atoms with Crippen LogP contribution in [0.5, 0.6) is 0 Å². The Morgan fingerprint density at radius 3 is 1.87 bits per heavy atom. The number of unbranched alkanes of at least 4 members (excludes halogenated alkanes) is 13. The summed E-state index contributed by atoms with van der Waals surface area (Å²) in [5.41, 5.74) is 4.58. The second-order valence-corrected chi connectivity index (χ2v) is 21.6. The molecule has 19 nitrogen and oxygen atoms in total. The number of carbonyl (C=O) groups is 2. The van der Waals surface area contributed by atoms with Crippen molar-refractivity contribution in [1.29, 1.82) is 0 Å². The summed E-state index contributed by atoms with van der Waals surface area (Å²) >= 11 is 0. The van der Waals surface area contributed by atoms with Crippen LogP contribution in [0, 0.1) is 0 Å². The van der Waals surface area contributed by atoms with E-state index in [4.69, 9.17) is 29.0 Å². The number of aliphatic hydroxyl groups excluding tert-OH is 3. The van der Waals surface area contributed by atoms with Crippen LogP contribution in [0.15, 0.2) is 102 Å². The average molecular weight is 1110 g/mol. The molecular weight excluding hydrogens is 1020 g/mol. The second kappa shape index (κ2) is 41.9. The maximum absolute atomic E-state index is 12.9. The zero-order valence-electron chi connectivity index (χ0n) is 44.9. The minimum Gasteiger partial charge on any atom is -0.462 e. The fraction of sp³-hybridized carbons (Fsp3) is 0.636. The molecule has 1 aromatic heterocycles. The number of nitrogen functional groups attached to an aromatic ring is 1. The molecule has 0 saturated carbocycles. The third kappa shape index (κ3) is 33.9. The van der Waals surface area contributed by atoms with Crippen molar-refractivity contribution in [3.63, 3.8) is 0 Å². The molecule has 2 unspecified atom stereocenters. The van der Waals surface area contributed by atoms with Crippen LogP contribution in [0.3, 0.4) is 0 Å². The van der Waals surface area contributed by atoms with Crippen LogP contribution in [0.1, 0.15) is 174 Å². The average Bonchev–Trinajstić information content (AvgIpc) is 3.65. The molecule has 2 heterocycles. The van der Waals surface area contributed by atoms with Gasteiger partial charge in [-0.3, -0.25) is 23.2 Å². The quantitative estimate of drug-likeness (QED) is 0.0116. The zero-order chi connectivity index (χ0) is 55.7. The molecule has 76 heavy (non-hydrogen) atoms. The summed E-state index contributed by atoms with van der Waals surface area (Å²) in [5, 5.41) is 30.9. The van der Waals surface area contributed by atoms with Crippen molar-refractivity contribution in [2.75, 3.05) is 25.6 Å². The zero-order valence-corrected chi connectivity index (χ0v) is 46.7. The molecule has 0 amide bonds. The lowest BCUT2D eigenvalue weighted by Gasteiger charge is -2.21. The number of hydrogen-bond acceptors (Lipinski definition) is 16. The Hall–Kier alpha value is -4.10. The molecule has 0 bridgehead atoms. The highest BCUT2D eigenvalue weighted by Gasteiger charge is 2.46. The van der Waals surface area contributed by atoms with Gasteiger partial charge in [0, 0.05) is 19.0 Å². The van der Waals surface area contributed by atoms with Gasteiger partial charge in [0.2, 0.25) is 0 Å². The number of rotatable bonds is 44. The standard InChI is InChI=1S/C55H89N3O16P2/c1-3-5-7-8-9-10-11-12-13-14-15-16-17-18-19-22-25-28-31-35-39-50(60)69-43-47(72-51(61)40-36-32-29-26-23-20-21-24-27-30-34-38-46(59)37-33-6-4-2)44-70-75(65,66)74-76(67,68)71-45-48-52(62)53(63)54(73-48)58-42-41-49(56)57-55(58)64/h10-11,13-14,16-17,20-21,26-27,29-30,34,38,41-42,46-48,52-54,59,62-63H,3-9,12,15,18-19,22-25,28,31-33,35-37,39-40,43-45H2,1-2H3,(H,65,66)(H,67,68)(H2,56,57,64)/b11-10-,14-13-,17-16-,21-20-,29-26-,30-27-,38-34+/t46-,47+,48+,52+,53+,54+/m0/s1. The molecule has 1 aliphatic rings. The molecule has 1 aliphatic heterocycles. The molecule has 430 valence electrons. The van der Waals surface area contributed by atoms with E-state index in [1.807, 2.05) is 42.5 Å². The van der Waals surface area contributed by atoms with E-state index in [1.165, 1.54) is 31.7 Å². The monoisotopic (exact) mass is 1110 g/mol. The Morgan fingerprint density at radius 1 is 0.697 bits per heavy atom. The number of allylic oxidation sites excluding steroid dienone is 13. The van der Waals surface area contributed by atoms with E-state index < -0.39 is 89.8 Å². The fourth-order valence-corrected chi connectivity index (χ4v) is 9.65. The number of phosphoric acid groups is 2. The predicted molar refractivity (Wildman–Crippen MR) is 294 cm³/mol. The first-order valence-corrected chi connectivity index (χ1v) is 30.2. The van der Waals surface area contributed by atoms with Crippen LogP contribution in [-0.2, 0) is 46.3 Å². The highest BCUT2D eigenvalue weighted by Crippen LogP contribution is 2.60. The van der Waals surface area contributed by atoms with Gasteiger partial charge in [0.25, 0.3) is 0 Å². The molecule has 21 heteroatoms. The number of phosphoric ester groups is 2. The molecule has 7 N–H and O–H groups in total. The van der Waals surface area contributed by atoms with Gasteiger partial charge in [-0.2, -0.15) is 9.29 Å². The van der Waals surface area contributed by atoms with Gasteiger partial charge in [-0.15, -0.1) is 0 Å². The Balaban J connectivity index is 1.82. The minimum absolute atomic E-state index is 0.0532. The van der Waals surface area contributed by atoms with Crippen LogP contribution in [0.4, 0.5) is 5.82 Å². The summed E-state index contributed by atoms with van der Waals surface area (Å²) in [6.07, 6.45) is 42.7. The van der Waals surface area contributed by atoms with E-state index >= 15 is 0 Å². The molecule has 1 fully saturated rings. The maximum atomic E-state index is 12.9. The number of hydrogen-bond donors (Lipinski definition) is 6. The number of aromatic nitrogens is 2. The Bertz CT molecular complexity index is 2120. The molecule has 8 atom stereocenters. The molecule has 0 aromatic carbocycles. The lowest BCUT2D eigenvalue weighted by Crippen LogP contribution is -2.36. The van der Waals surface area contributed by atoms with Gasteiger partial charge >= 0.3 is 33.3 Å². The highest BCUT2D eigenvalue weighted by atomic mass is 31.3. The number of aliphatic hydroxyl groups is 3. The summed E-state index contributed by atoms with van der Waals surface area (Å²) in [4.78, 5) is 62.0. The number of esters is 2. The largest absolute Gasteiger partial charge is 0.481 e. The third-order valence-corrected chi connectivity index (χ3v) is 14.4. The molecule has 0 aliphatic carbocycles. The SMILES string of the molecule is CCCCCC/C=C\C/C=C\C/C=C\CCCCCCCCC(=O)OC[C@H](COP(=O)(O)OP(=O)(O)OC[C@H]1O[C@@H](n2ccc(N)nc2=O)[C@H](O)[C@@H]1O)OC(=O)CCC/C=C\C/C=C\C/C=C\C=C\[C@@H](O)CCCCC. The molecule has 0 spiro atoms. The van der Waals surface area contributed by atoms with E-state index in [-0.39, 0.29) is 18.7 Å². The number of nitrogens with two attached hydrogens (primary N) is 1. The molecular formula is C55H89N3O16P2. The normalized spacial score (nSPS) is 19.8. The van der Waals surface area contributed by atoms with Crippen LogP contribution < -0.4 is 11.4 Å². The Labute approximate surface area is 450 Å². The van der Waals surface area contributed by atoms with E-state index in [9.17, 15) is 48.6 Å². The fourth-order valence-electron chi connectivity index (χ4n) is 7.54. The van der Waals surface area contributed by atoms with Crippen molar-refractivity contribution in [2.24, 2.45) is 0 Å². The van der Waals surface area contributed by atoms with Gasteiger partial charge in [0.05, 0.1) is 19.3 Å². The van der Waals surface area contributed by atoms with Crippen molar-refractivity contribution in [1.82, 2.24) is 9.55 Å². The van der Waals surface area contributed by atoms with Gasteiger partial charge < -0.3 is 45.1 Å². The van der Waals surface area contributed by atoms with Gasteiger partial charge in [0.1, 0.15) is 30.7 Å². The Morgan fingerprint density at radius 2 is 1.24 bits per heavy atom. The van der Waals surface area contributed by atoms with Gasteiger partial charge in [0.15, 0.2) is 12.3 Å². The maximum Gasteiger partial charge on any atom is 0.481 e. The summed E-state index contributed by atoms with van der Waals surface area (Å²) < 4.78 is 56.8. The summed E-state index contributed by atoms with van der Waals surface area (Å²) in [5.74, 6) is -1.42. The lowest BCUT2D eigenvalue weighted by atomic mass is 10.1. The number of anilines is 1. The van der Waals surface area contributed by atoms with Crippen LogP contribution in [0.25, 0.3) is 0 Å². The van der Waals surface area contributed by atoms with Crippen molar-refractivity contribution in [2.45, 2.75) is 205 Å². The summed E-state index contributed by atoms with van der Waals surface area (Å²) in [7, 11) is -10.9. The predicted octanol–water partition coefficient (Wildman–Crippen LogP) is 10.8. The van der Waals surface area contributed by atoms with Crippen molar-refractivity contribution in [3.05, 3.63) is 108 Å².